The summed E-state index contributed by atoms with van der Waals surface area (Å²) < 4.78 is 8.52. The SMILES string of the molecule is CP1OCC2CN1C1CCCCC21. The van der Waals surface area contributed by atoms with Gasteiger partial charge in [0, 0.05) is 18.5 Å². The van der Waals surface area contributed by atoms with Crippen molar-refractivity contribution in [3.63, 3.8) is 0 Å². The first-order valence-corrected chi connectivity index (χ1v) is 7.15. The first-order valence-electron chi connectivity index (χ1n) is 5.49. The van der Waals surface area contributed by atoms with Gasteiger partial charge in [0.05, 0.1) is 6.61 Å². The fraction of sp³-hybridized carbons (Fsp3) is 1.00. The molecule has 3 rings (SSSR count). The van der Waals surface area contributed by atoms with Crippen LogP contribution in [0, 0.1) is 11.8 Å². The van der Waals surface area contributed by atoms with Crippen molar-refractivity contribution in [3.05, 3.63) is 0 Å². The predicted octanol–water partition coefficient (Wildman–Crippen LogP) is 2.45. The Morgan fingerprint density at radius 2 is 2.15 bits per heavy atom. The normalized spacial score (nSPS) is 54.7. The summed E-state index contributed by atoms with van der Waals surface area (Å²) in [6.45, 7) is 4.68. The summed E-state index contributed by atoms with van der Waals surface area (Å²) in [5.41, 5.74) is 0. The van der Waals surface area contributed by atoms with Crippen molar-refractivity contribution in [2.45, 2.75) is 31.7 Å². The minimum Gasteiger partial charge on any atom is -0.343 e. The molecule has 13 heavy (non-hydrogen) atoms. The smallest absolute Gasteiger partial charge is 0.101 e. The van der Waals surface area contributed by atoms with E-state index >= 15 is 0 Å². The van der Waals surface area contributed by atoms with Crippen molar-refractivity contribution in [2.24, 2.45) is 11.8 Å². The molecule has 0 spiro atoms. The van der Waals surface area contributed by atoms with Crippen molar-refractivity contribution in [1.82, 2.24) is 4.67 Å². The highest BCUT2D eigenvalue weighted by Crippen LogP contribution is 2.55. The summed E-state index contributed by atoms with van der Waals surface area (Å²) in [4.78, 5) is 0. The van der Waals surface area contributed by atoms with Gasteiger partial charge in [-0.1, -0.05) is 12.8 Å². The lowest BCUT2D eigenvalue weighted by Crippen LogP contribution is -2.30. The largest absolute Gasteiger partial charge is 0.343 e. The molecular weight excluding hydrogens is 181 g/mol. The minimum absolute atomic E-state index is 0.224. The van der Waals surface area contributed by atoms with Crippen LogP contribution in [-0.4, -0.2) is 30.5 Å². The third-order valence-corrected chi connectivity index (χ3v) is 5.73. The lowest BCUT2D eigenvalue weighted by molar-refractivity contribution is 0.208. The lowest BCUT2D eigenvalue weighted by atomic mass is 9.80. The van der Waals surface area contributed by atoms with Gasteiger partial charge in [-0.2, -0.15) is 0 Å². The van der Waals surface area contributed by atoms with E-state index in [-0.39, 0.29) is 8.30 Å². The van der Waals surface area contributed by atoms with Crippen molar-refractivity contribution in [2.75, 3.05) is 19.8 Å². The lowest BCUT2D eigenvalue weighted by Gasteiger charge is -2.33. The van der Waals surface area contributed by atoms with Crippen LogP contribution in [0.25, 0.3) is 0 Å². The summed E-state index contributed by atoms with van der Waals surface area (Å²) in [6, 6.07) is 0.900. The van der Waals surface area contributed by atoms with Gasteiger partial charge < -0.3 is 4.52 Å². The van der Waals surface area contributed by atoms with Crippen molar-refractivity contribution in [1.29, 1.82) is 0 Å². The molecule has 0 N–H and O–H groups in total. The first kappa shape index (κ1) is 8.64. The predicted molar refractivity (Wildman–Crippen MR) is 54.7 cm³/mol. The topological polar surface area (TPSA) is 12.5 Å². The van der Waals surface area contributed by atoms with E-state index in [0.717, 1.165) is 24.5 Å². The second-order valence-electron chi connectivity index (χ2n) is 4.66. The second-order valence-corrected chi connectivity index (χ2v) is 6.36. The molecule has 1 aliphatic carbocycles. The number of rotatable bonds is 0. The molecule has 0 aromatic carbocycles. The Bertz CT molecular complexity index is 209. The second kappa shape index (κ2) is 3.18. The van der Waals surface area contributed by atoms with E-state index in [0.29, 0.717) is 0 Å². The van der Waals surface area contributed by atoms with E-state index in [9.17, 15) is 0 Å². The molecule has 0 amide bonds. The van der Waals surface area contributed by atoms with E-state index in [4.69, 9.17) is 4.52 Å². The molecular formula is C10H18NOP. The van der Waals surface area contributed by atoms with E-state index in [2.05, 4.69) is 11.3 Å². The molecule has 2 bridgehead atoms. The van der Waals surface area contributed by atoms with Crippen LogP contribution in [0.1, 0.15) is 25.7 Å². The zero-order valence-corrected chi connectivity index (χ0v) is 9.17. The van der Waals surface area contributed by atoms with Gasteiger partial charge in [0.15, 0.2) is 0 Å². The Balaban J connectivity index is 1.85. The average molecular weight is 199 g/mol. The summed E-state index contributed by atoms with van der Waals surface area (Å²) in [5.74, 6) is 1.87. The molecule has 5 unspecified atom stereocenters. The van der Waals surface area contributed by atoms with Crippen LogP contribution in [0.5, 0.6) is 0 Å². The van der Waals surface area contributed by atoms with E-state index < -0.39 is 0 Å². The van der Waals surface area contributed by atoms with Crippen LogP contribution in [0.4, 0.5) is 0 Å². The maximum absolute atomic E-state index is 5.85. The van der Waals surface area contributed by atoms with Gasteiger partial charge in [-0.15, -0.1) is 0 Å². The van der Waals surface area contributed by atoms with Gasteiger partial charge in [0.25, 0.3) is 0 Å². The molecule has 3 aliphatic rings. The third kappa shape index (κ3) is 1.26. The van der Waals surface area contributed by atoms with E-state index in [1.807, 2.05) is 0 Å². The van der Waals surface area contributed by atoms with Crippen LogP contribution in [0.3, 0.4) is 0 Å². The molecule has 2 nitrogen and oxygen atoms in total. The number of nitrogens with zero attached hydrogens (tertiary/aromatic N) is 1. The van der Waals surface area contributed by atoms with Gasteiger partial charge in [-0.05, 0) is 25.4 Å². The van der Waals surface area contributed by atoms with Gasteiger partial charge >= 0.3 is 0 Å². The number of hydrogen-bond acceptors (Lipinski definition) is 2. The molecule has 1 saturated carbocycles. The monoisotopic (exact) mass is 199 g/mol. The van der Waals surface area contributed by atoms with Crippen molar-refractivity contribution >= 4 is 8.30 Å². The molecule has 3 heteroatoms. The molecule has 0 radical (unpaired) electrons. The maximum Gasteiger partial charge on any atom is 0.101 e. The number of fused-ring (bicyclic) bond motifs is 5. The highest BCUT2D eigenvalue weighted by atomic mass is 31.2. The highest BCUT2D eigenvalue weighted by molar-refractivity contribution is 7.49. The zero-order valence-electron chi connectivity index (χ0n) is 8.28. The van der Waals surface area contributed by atoms with E-state index in [1.54, 1.807) is 0 Å². The first-order chi connectivity index (χ1) is 6.36. The van der Waals surface area contributed by atoms with Gasteiger partial charge in [0.1, 0.15) is 8.30 Å². The van der Waals surface area contributed by atoms with Crippen molar-refractivity contribution < 1.29 is 4.52 Å². The molecule has 2 heterocycles. The number of hydrogen-bond donors (Lipinski definition) is 0. The minimum atomic E-state index is -0.224. The van der Waals surface area contributed by atoms with Crippen molar-refractivity contribution in [3.8, 4) is 0 Å². The van der Waals surface area contributed by atoms with E-state index in [1.165, 1.54) is 32.2 Å². The molecule has 2 saturated heterocycles. The Morgan fingerprint density at radius 3 is 3.08 bits per heavy atom. The van der Waals surface area contributed by atoms with Gasteiger partial charge in [0.2, 0.25) is 0 Å². The average Bonchev–Trinajstić information content (AvgIpc) is 2.48. The molecule has 3 fully saturated rings. The zero-order chi connectivity index (χ0) is 8.84. The Kier molecular flexibility index (Phi) is 2.12. The molecule has 0 aromatic rings. The standard InChI is InChI=1S/C10H18NOP/c1-13-11-6-8(7-12-13)9-4-2-3-5-10(9)11/h8-10H,2-7H2,1H3. The maximum atomic E-state index is 5.85. The quantitative estimate of drug-likeness (QED) is 0.556. The summed E-state index contributed by atoms with van der Waals surface area (Å²) in [6.07, 6.45) is 5.83. The van der Waals surface area contributed by atoms with Crippen LogP contribution in [0.15, 0.2) is 0 Å². The fourth-order valence-electron chi connectivity index (χ4n) is 3.35. The fourth-order valence-corrected chi connectivity index (χ4v) is 5.05. The highest BCUT2D eigenvalue weighted by Gasteiger charge is 2.47. The van der Waals surface area contributed by atoms with Gasteiger partial charge in [-0.3, -0.25) is 4.67 Å². The Hall–Kier alpha value is 0.350. The Morgan fingerprint density at radius 1 is 1.31 bits per heavy atom. The van der Waals surface area contributed by atoms with Crippen LogP contribution in [0.2, 0.25) is 0 Å². The summed E-state index contributed by atoms with van der Waals surface area (Å²) in [5, 5.41) is 0. The van der Waals surface area contributed by atoms with Gasteiger partial charge in [-0.25, -0.2) is 0 Å². The summed E-state index contributed by atoms with van der Waals surface area (Å²) >= 11 is 0. The van der Waals surface area contributed by atoms with Crippen LogP contribution < -0.4 is 0 Å². The summed E-state index contributed by atoms with van der Waals surface area (Å²) in [7, 11) is -0.224. The molecule has 74 valence electrons. The van der Waals surface area contributed by atoms with Crippen LogP contribution >= 0.6 is 8.30 Å². The third-order valence-electron chi connectivity index (χ3n) is 4.03. The van der Waals surface area contributed by atoms with Crippen LogP contribution in [-0.2, 0) is 4.52 Å². The molecule has 0 aromatic heterocycles. The molecule has 2 aliphatic heterocycles. The Labute approximate surface area is 81.5 Å². The molecule has 5 atom stereocenters.